The van der Waals surface area contributed by atoms with Gasteiger partial charge in [0, 0.05) is 37.9 Å². The van der Waals surface area contributed by atoms with Crippen LogP contribution >= 0.6 is 43.5 Å². The summed E-state index contributed by atoms with van der Waals surface area (Å²) in [5.74, 6) is -0.131. The van der Waals surface area contributed by atoms with Gasteiger partial charge < -0.3 is 4.98 Å². The number of aromatic nitrogens is 2. The minimum atomic E-state index is -0.131. The predicted octanol–water partition coefficient (Wildman–Crippen LogP) is 4.97. The van der Waals surface area contributed by atoms with Gasteiger partial charge in [0.2, 0.25) is 0 Å². The van der Waals surface area contributed by atoms with Crippen LogP contribution in [-0.2, 0) is 0 Å². The van der Waals surface area contributed by atoms with Crippen LogP contribution in [0, 0.1) is 0 Å². The van der Waals surface area contributed by atoms with Crippen molar-refractivity contribution in [3.8, 4) is 0 Å². The first-order valence-electron chi connectivity index (χ1n) is 5.68. The number of aromatic amines is 1. The van der Waals surface area contributed by atoms with Crippen LogP contribution in [0.15, 0.2) is 45.6 Å². The first-order valence-corrected chi connectivity index (χ1v) is 7.65. The Morgan fingerprint density at radius 3 is 2.70 bits per heavy atom. The lowest BCUT2D eigenvalue weighted by Crippen LogP contribution is -2.01. The number of nitrogens with zero attached hydrogens (tertiary/aromatic N) is 1. The standard InChI is InChI=1S/C14H7Br2ClN2O/c15-7-1-2-9(12(17)4-7)13(20)11-6-19-14-10(11)3-8(16)5-18-14/h1-6H,(H,18,19). The molecule has 2 heterocycles. The van der Waals surface area contributed by atoms with E-state index >= 15 is 0 Å². The summed E-state index contributed by atoms with van der Waals surface area (Å²) in [6.07, 6.45) is 3.34. The smallest absolute Gasteiger partial charge is 0.196 e. The van der Waals surface area contributed by atoms with E-state index < -0.39 is 0 Å². The summed E-state index contributed by atoms with van der Waals surface area (Å²) in [6, 6.07) is 7.07. The van der Waals surface area contributed by atoms with Gasteiger partial charge >= 0.3 is 0 Å². The second-order valence-corrected chi connectivity index (χ2v) is 6.44. The minimum Gasteiger partial charge on any atom is -0.345 e. The number of hydrogen-bond acceptors (Lipinski definition) is 2. The molecule has 0 aliphatic heterocycles. The Bertz CT molecular complexity index is 829. The van der Waals surface area contributed by atoms with Gasteiger partial charge in [0.1, 0.15) is 5.65 Å². The van der Waals surface area contributed by atoms with E-state index in [1.54, 1.807) is 30.6 Å². The number of carbonyl (C=O) groups excluding carboxylic acids is 1. The molecule has 0 radical (unpaired) electrons. The third kappa shape index (κ3) is 2.41. The van der Waals surface area contributed by atoms with Gasteiger partial charge in [0.25, 0.3) is 0 Å². The number of halogens is 3. The zero-order valence-electron chi connectivity index (χ0n) is 9.95. The van der Waals surface area contributed by atoms with E-state index in [9.17, 15) is 4.79 Å². The molecule has 3 rings (SSSR count). The predicted molar refractivity (Wildman–Crippen MR) is 86.4 cm³/mol. The quantitative estimate of drug-likeness (QED) is 0.602. The minimum absolute atomic E-state index is 0.131. The van der Waals surface area contributed by atoms with Gasteiger partial charge in [-0.15, -0.1) is 0 Å². The highest BCUT2D eigenvalue weighted by molar-refractivity contribution is 9.10. The Hall–Kier alpha value is -1.17. The van der Waals surface area contributed by atoms with Crippen molar-refractivity contribution >= 4 is 60.3 Å². The van der Waals surface area contributed by atoms with Crippen LogP contribution in [0.2, 0.25) is 5.02 Å². The Morgan fingerprint density at radius 1 is 1.15 bits per heavy atom. The number of fused-ring (bicyclic) bond motifs is 1. The van der Waals surface area contributed by atoms with Crippen LogP contribution in [0.1, 0.15) is 15.9 Å². The molecule has 100 valence electrons. The fourth-order valence-corrected chi connectivity index (χ4v) is 3.07. The van der Waals surface area contributed by atoms with Gasteiger partial charge in [0.15, 0.2) is 5.78 Å². The molecule has 0 saturated carbocycles. The van der Waals surface area contributed by atoms with E-state index in [2.05, 4.69) is 41.8 Å². The van der Waals surface area contributed by atoms with Crippen molar-refractivity contribution in [2.75, 3.05) is 0 Å². The first kappa shape index (κ1) is 13.8. The first-order chi connectivity index (χ1) is 9.56. The normalized spacial score (nSPS) is 10.9. The van der Waals surface area contributed by atoms with Crippen molar-refractivity contribution in [2.24, 2.45) is 0 Å². The number of nitrogens with one attached hydrogen (secondary N) is 1. The molecule has 0 spiro atoms. The van der Waals surface area contributed by atoms with E-state index in [0.29, 0.717) is 21.8 Å². The largest absolute Gasteiger partial charge is 0.345 e. The van der Waals surface area contributed by atoms with Crippen molar-refractivity contribution in [3.63, 3.8) is 0 Å². The maximum atomic E-state index is 12.6. The molecule has 0 atom stereocenters. The molecular weight excluding hydrogens is 407 g/mol. The highest BCUT2D eigenvalue weighted by Crippen LogP contribution is 2.27. The average molecular weight is 414 g/mol. The Morgan fingerprint density at radius 2 is 1.95 bits per heavy atom. The number of rotatable bonds is 2. The number of benzene rings is 1. The molecule has 0 aliphatic carbocycles. The molecule has 0 bridgehead atoms. The summed E-state index contributed by atoms with van der Waals surface area (Å²) >= 11 is 12.8. The van der Waals surface area contributed by atoms with Crippen LogP contribution in [0.5, 0.6) is 0 Å². The lowest BCUT2D eigenvalue weighted by Gasteiger charge is -2.03. The third-order valence-electron chi connectivity index (χ3n) is 2.92. The molecule has 3 aromatic rings. The zero-order valence-corrected chi connectivity index (χ0v) is 13.9. The molecule has 0 aliphatic rings. The summed E-state index contributed by atoms with van der Waals surface area (Å²) in [5, 5.41) is 1.19. The maximum Gasteiger partial charge on any atom is 0.196 e. The molecule has 1 N–H and O–H groups in total. The van der Waals surface area contributed by atoms with E-state index in [4.69, 9.17) is 11.6 Å². The molecule has 0 fully saturated rings. The molecule has 3 nitrogen and oxygen atoms in total. The summed E-state index contributed by atoms with van der Waals surface area (Å²) in [6.45, 7) is 0. The van der Waals surface area contributed by atoms with E-state index in [1.165, 1.54) is 0 Å². The lowest BCUT2D eigenvalue weighted by molar-refractivity contribution is 0.104. The average Bonchev–Trinajstić information content (AvgIpc) is 2.81. The highest BCUT2D eigenvalue weighted by Gasteiger charge is 2.17. The topological polar surface area (TPSA) is 45.8 Å². The summed E-state index contributed by atoms with van der Waals surface area (Å²) in [4.78, 5) is 19.8. The molecule has 0 amide bonds. The number of carbonyl (C=O) groups is 1. The van der Waals surface area contributed by atoms with Gasteiger partial charge in [-0.1, -0.05) is 27.5 Å². The van der Waals surface area contributed by atoms with Gasteiger partial charge in [0.05, 0.1) is 5.02 Å². The van der Waals surface area contributed by atoms with Crippen LogP contribution in [0.3, 0.4) is 0 Å². The monoisotopic (exact) mass is 412 g/mol. The molecule has 20 heavy (non-hydrogen) atoms. The van der Waals surface area contributed by atoms with Crippen molar-refractivity contribution in [1.29, 1.82) is 0 Å². The van der Waals surface area contributed by atoms with E-state index in [1.807, 2.05) is 6.07 Å². The fourth-order valence-electron chi connectivity index (χ4n) is 1.98. The van der Waals surface area contributed by atoms with Crippen LogP contribution < -0.4 is 0 Å². The molecule has 1 aromatic carbocycles. The van der Waals surface area contributed by atoms with Crippen LogP contribution in [0.4, 0.5) is 0 Å². The summed E-state index contributed by atoms with van der Waals surface area (Å²) in [7, 11) is 0. The molecule has 0 unspecified atom stereocenters. The van der Waals surface area contributed by atoms with Crippen LogP contribution in [0.25, 0.3) is 11.0 Å². The number of hydrogen-bond donors (Lipinski definition) is 1. The van der Waals surface area contributed by atoms with Gasteiger partial charge in [-0.3, -0.25) is 4.79 Å². The number of H-pyrrole nitrogens is 1. The Kier molecular flexibility index (Phi) is 3.67. The number of pyridine rings is 1. The van der Waals surface area contributed by atoms with Crippen LogP contribution in [-0.4, -0.2) is 15.8 Å². The third-order valence-corrected chi connectivity index (χ3v) is 4.16. The van der Waals surface area contributed by atoms with Gasteiger partial charge in [-0.25, -0.2) is 4.98 Å². The second kappa shape index (κ2) is 5.31. The fraction of sp³-hybridized carbons (Fsp3) is 0. The zero-order chi connectivity index (χ0) is 14.3. The van der Waals surface area contributed by atoms with E-state index in [0.717, 1.165) is 14.3 Å². The number of ketones is 1. The van der Waals surface area contributed by atoms with Crippen molar-refractivity contribution in [3.05, 3.63) is 61.8 Å². The second-order valence-electron chi connectivity index (χ2n) is 4.21. The Balaban J connectivity index is 2.15. The summed E-state index contributed by atoms with van der Waals surface area (Å²) in [5.41, 5.74) is 1.69. The highest BCUT2D eigenvalue weighted by atomic mass is 79.9. The van der Waals surface area contributed by atoms with Crippen molar-refractivity contribution in [2.45, 2.75) is 0 Å². The van der Waals surface area contributed by atoms with Crippen molar-refractivity contribution in [1.82, 2.24) is 9.97 Å². The summed E-state index contributed by atoms with van der Waals surface area (Å²) < 4.78 is 1.66. The lowest BCUT2D eigenvalue weighted by atomic mass is 10.0. The molecule has 2 aromatic heterocycles. The van der Waals surface area contributed by atoms with E-state index in [-0.39, 0.29) is 5.78 Å². The maximum absolute atomic E-state index is 12.6. The molecule has 0 saturated heterocycles. The molecular formula is C14H7Br2ClN2O. The SMILES string of the molecule is O=C(c1ccc(Br)cc1Cl)c1c[nH]c2ncc(Br)cc12. The van der Waals surface area contributed by atoms with Crippen molar-refractivity contribution < 1.29 is 4.79 Å². The Labute approximate surface area is 136 Å². The van der Waals surface area contributed by atoms with Gasteiger partial charge in [-0.05, 0) is 40.2 Å². The van der Waals surface area contributed by atoms with Gasteiger partial charge in [-0.2, -0.15) is 0 Å². The molecule has 6 heteroatoms.